The molecule has 0 aliphatic carbocycles. The normalized spacial score (nSPS) is 14.1. The van der Waals surface area contributed by atoms with E-state index in [-0.39, 0.29) is 18.1 Å². The van der Waals surface area contributed by atoms with Gasteiger partial charge in [-0.05, 0) is 43.3 Å². The third-order valence-corrected chi connectivity index (χ3v) is 4.38. The smallest absolute Gasteiger partial charge is 0.255 e. The molecule has 2 aromatic carbocycles. The van der Waals surface area contributed by atoms with E-state index >= 15 is 0 Å². The van der Waals surface area contributed by atoms with Crippen LogP contribution in [0.2, 0.25) is 0 Å². The third kappa shape index (κ3) is 3.43. The van der Waals surface area contributed by atoms with Crippen molar-refractivity contribution in [2.24, 2.45) is 5.73 Å². The van der Waals surface area contributed by atoms with E-state index in [9.17, 15) is 9.59 Å². The minimum absolute atomic E-state index is 0.187. The molecule has 0 aromatic heterocycles. The van der Waals surface area contributed by atoms with Crippen molar-refractivity contribution in [2.45, 2.75) is 6.92 Å². The number of halogens is 1. The second-order valence-electron chi connectivity index (χ2n) is 5.65. The summed E-state index contributed by atoms with van der Waals surface area (Å²) in [7, 11) is 1.56. The summed E-state index contributed by atoms with van der Waals surface area (Å²) in [5.74, 6) is 0.853. The number of nitrogens with two attached hydrogens (primary N) is 1. The van der Waals surface area contributed by atoms with Gasteiger partial charge in [-0.1, -0.05) is 15.9 Å². The molecule has 1 heterocycles. The van der Waals surface area contributed by atoms with Crippen molar-refractivity contribution in [1.82, 2.24) is 0 Å². The topological polar surface area (TPSA) is 87.8 Å². The Bertz CT molecular complexity index is 936. The molecular weight excluding hydrogens is 402 g/mol. The van der Waals surface area contributed by atoms with Crippen molar-refractivity contribution >= 4 is 33.7 Å². The molecule has 0 saturated carbocycles. The minimum Gasteiger partial charge on any atom is -0.496 e. The molecule has 3 rings (SSSR count). The van der Waals surface area contributed by atoms with Gasteiger partial charge < -0.3 is 19.9 Å². The monoisotopic (exact) mass is 417 g/mol. The molecule has 0 bridgehead atoms. The number of benzene rings is 2. The highest BCUT2D eigenvalue weighted by atomic mass is 79.9. The van der Waals surface area contributed by atoms with Gasteiger partial charge in [0.15, 0.2) is 12.4 Å². The molecule has 1 aliphatic heterocycles. The Balaban J connectivity index is 1.96. The van der Waals surface area contributed by atoms with Gasteiger partial charge in [0.1, 0.15) is 17.2 Å². The molecule has 6 nitrogen and oxygen atoms in total. The highest BCUT2D eigenvalue weighted by Crippen LogP contribution is 2.39. The van der Waals surface area contributed by atoms with E-state index in [0.29, 0.717) is 33.9 Å². The number of methoxy groups -OCH3 is 1. The highest BCUT2D eigenvalue weighted by molar-refractivity contribution is 9.10. The number of ketones is 1. The molecule has 1 amide bonds. The molecule has 2 aromatic rings. The van der Waals surface area contributed by atoms with Crippen LogP contribution >= 0.6 is 15.9 Å². The molecule has 0 unspecified atom stereocenters. The first kappa shape index (κ1) is 18.0. The van der Waals surface area contributed by atoms with Crippen LogP contribution in [0.15, 0.2) is 40.6 Å². The molecule has 0 saturated heterocycles. The lowest BCUT2D eigenvalue weighted by molar-refractivity contribution is -0.119. The third-order valence-electron chi connectivity index (χ3n) is 3.88. The maximum atomic E-state index is 12.7. The Labute approximate surface area is 158 Å². The number of fused-ring (bicyclic) bond motifs is 1. The summed E-state index contributed by atoms with van der Waals surface area (Å²) in [6.45, 7) is 1.51. The molecule has 2 N–H and O–H groups in total. The van der Waals surface area contributed by atoms with E-state index < -0.39 is 5.91 Å². The molecular formula is C19H16BrNO5. The van der Waals surface area contributed by atoms with Crippen molar-refractivity contribution < 1.29 is 23.8 Å². The molecule has 0 spiro atoms. The number of primary amides is 1. The van der Waals surface area contributed by atoms with Crippen LogP contribution in [-0.4, -0.2) is 25.4 Å². The Morgan fingerprint density at radius 2 is 2.00 bits per heavy atom. The Kier molecular flexibility index (Phi) is 4.99. The van der Waals surface area contributed by atoms with Gasteiger partial charge in [0.2, 0.25) is 5.78 Å². The second-order valence-corrected chi connectivity index (χ2v) is 6.56. The SMILES string of the molecule is COc1ccc(Br)cc1/C=C1\Oc2c(ccc(OCC(N)=O)c2C)C1=O. The van der Waals surface area contributed by atoms with Crippen LogP contribution in [0.25, 0.3) is 6.08 Å². The Morgan fingerprint density at radius 3 is 2.69 bits per heavy atom. The zero-order chi connectivity index (χ0) is 18.8. The quantitative estimate of drug-likeness (QED) is 0.754. The number of hydrogen-bond acceptors (Lipinski definition) is 5. The molecule has 0 radical (unpaired) electrons. The Morgan fingerprint density at radius 1 is 1.27 bits per heavy atom. The van der Waals surface area contributed by atoms with Gasteiger partial charge in [0, 0.05) is 15.6 Å². The largest absolute Gasteiger partial charge is 0.496 e. The van der Waals surface area contributed by atoms with Crippen LogP contribution in [0.3, 0.4) is 0 Å². The number of ether oxygens (including phenoxy) is 3. The van der Waals surface area contributed by atoms with E-state index in [1.807, 2.05) is 12.1 Å². The summed E-state index contributed by atoms with van der Waals surface area (Å²) in [6, 6.07) is 8.71. The van der Waals surface area contributed by atoms with Crippen LogP contribution in [0.5, 0.6) is 17.2 Å². The summed E-state index contributed by atoms with van der Waals surface area (Å²) in [5.41, 5.74) is 6.87. The van der Waals surface area contributed by atoms with Crippen LogP contribution in [-0.2, 0) is 4.79 Å². The molecule has 1 aliphatic rings. The van der Waals surface area contributed by atoms with Crippen molar-refractivity contribution in [1.29, 1.82) is 0 Å². The van der Waals surface area contributed by atoms with Crippen LogP contribution in [0, 0.1) is 6.92 Å². The van der Waals surface area contributed by atoms with Gasteiger partial charge in [-0.3, -0.25) is 9.59 Å². The fraction of sp³-hybridized carbons (Fsp3) is 0.158. The van der Waals surface area contributed by atoms with Crippen molar-refractivity contribution in [3.05, 3.63) is 57.3 Å². The maximum Gasteiger partial charge on any atom is 0.255 e. The Hall–Kier alpha value is -2.80. The van der Waals surface area contributed by atoms with E-state index in [0.717, 1.165) is 4.47 Å². The van der Waals surface area contributed by atoms with Gasteiger partial charge in [0.25, 0.3) is 5.91 Å². The summed E-state index contributed by atoms with van der Waals surface area (Å²) >= 11 is 3.40. The minimum atomic E-state index is -0.579. The fourth-order valence-corrected chi connectivity index (χ4v) is 3.01. The van der Waals surface area contributed by atoms with Gasteiger partial charge >= 0.3 is 0 Å². The van der Waals surface area contributed by atoms with Crippen LogP contribution < -0.4 is 19.9 Å². The molecule has 0 fully saturated rings. The number of Topliss-reactive ketones (excluding diaryl/α,β-unsaturated/α-hetero) is 1. The number of allylic oxidation sites excluding steroid dienone is 1. The average molecular weight is 418 g/mol. The van der Waals surface area contributed by atoms with Crippen molar-refractivity contribution in [3.63, 3.8) is 0 Å². The number of amides is 1. The van der Waals surface area contributed by atoms with Gasteiger partial charge in [-0.2, -0.15) is 0 Å². The summed E-state index contributed by atoms with van der Waals surface area (Å²) < 4.78 is 17.3. The lowest BCUT2D eigenvalue weighted by Gasteiger charge is -2.10. The first-order chi connectivity index (χ1) is 12.4. The maximum absolute atomic E-state index is 12.7. The van der Waals surface area contributed by atoms with Gasteiger partial charge in [-0.25, -0.2) is 0 Å². The first-order valence-corrected chi connectivity index (χ1v) is 8.52. The van der Waals surface area contributed by atoms with E-state index in [2.05, 4.69) is 15.9 Å². The lowest BCUT2D eigenvalue weighted by Crippen LogP contribution is -2.20. The van der Waals surface area contributed by atoms with E-state index in [1.165, 1.54) is 0 Å². The van der Waals surface area contributed by atoms with Crippen LogP contribution in [0.1, 0.15) is 21.5 Å². The molecule has 7 heteroatoms. The average Bonchev–Trinajstić information content (AvgIpc) is 2.91. The summed E-state index contributed by atoms with van der Waals surface area (Å²) in [5, 5.41) is 0. The van der Waals surface area contributed by atoms with Gasteiger partial charge in [0.05, 0.1) is 12.7 Å². The van der Waals surface area contributed by atoms with E-state index in [1.54, 1.807) is 38.3 Å². The molecule has 134 valence electrons. The predicted octanol–water partition coefficient (Wildman–Crippen LogP) is 3.25. The predicted molar refractivity (Wildman–Crippen MR) is 99.5 cm³/mol. The highest BCUT2D eigenvalue weighted by Gasteiger charge is 2.30. The first-order valence-electron chi connectivity index (χ1n) is 7.73. The number of rotatable bonds is 5. The zero-order valence-corrected chi connectivity index (χ0v) is 15.8. The zero-order valence-electron chi connectivity index (χ0n) is 14.2. The summed E-state index contributed by atoms with van der Waals surface area (Å²) in [4.78, 5) is 23.6. The molecule has 0 atom stereocenters. The second kappa shape index (κ2) is 7.21. The van der Waals surface area contributed by atoms with Crippen LogP contribution in [0.4, 0.5) is 0 Å². The molecule has 26 heavy (non-hydrogen) atoms. The van der Waals surface area contributed by atoms with E-state index in [4.69, 9.17) is 19.9 Å². The number of carbonyl (C=O) groups is 2. The summed E-state index contributed by atoms with van der Waals surface area (Å²) in [6.07, 6.45) is 1.63. The van der Waals surface area contributed by atoms with Crippen molar-refractivity contribution in [3.8, 4) is 17.2 Å². The van der Waals surface area contributed by atoms with Crippen molar-refractivity contribution in [2.75, 3.05) is 13.7 Å². The lowest BCUT2D eigenvalue weighted by atomic mass is 10.1. The number of carbonyl (C=O) groups excluding carboxylic acids is 2. The standard InChI is InChI=1S/C19H16BrNO5/c1-10-14(25-9-17(21)22)6-4-13-18(23)16(26-19(10)13)8-11-7-12(20)3-5-15(11)24-2/h3-8H,9H2,1-2H3,(H2,21,22)/b16-8-. The fourth-order valence-electron chi connectivity index (χ4n) is 2.63. The number of hydrogen-bond donors (Lipinski definition) is 1. The van der Waals surface area contributed by atoms with Gasteiger partial charge in [-0.15, -0.1) is 0 Å².